The van der Waals surface area contributed by atoms with Gasteiger partial charge in [-0.15, -0.1) is 13.2 Å². The molecule has 0 aliphatic rings. The van der Waals surface area contributed by atoms with E-state index in [1.807, 2.05) is 0 Å². The lowest BCUT2D eigenvalue weighted by molar-refractivity contribution is -0.274. The topological polar surface area (TPSA) is 64.1 Å². The van der Waals surface area contributed by atoms with Crippen LogP contribution >= 0.6 is 0 Å². The maximum absolute atomic E-state index is 12.1. The fourth-order valence-electron chi connectivity index (χ4n) is 2.04. The first-order valence-electron chi connectivity index (χ1n) is 7.22. The molecule has 8 heteroatoms. The van der Waals surface area contributed by atoms with Crippen molar-refractivity contribution in [2.75, 3.05) is 0 Å². The fourth-order valence-corrected chi connectivity index (χ4v) is 2.04. The van der Waals surface area contributed by atoms with E-state index in [0.29, 0.717) is 12.2 Å². The number of alkyl halides is 3. The van der Waals surface area contributed by atoms with Crippen molar-refractivity contribution in [3.63, 3.8) is 0 Å². The molecule has 1 aromatic heterocycles. The smallest absolute Gasteiger partial charge is 0.406 e. The molecule has 2 rings (SSSR count). The van der Waals surface area contributed by atoms with E-state index < -0.39 is 6.36 Å². The Bertz CT molecular complexity index is 661. The molecule has 0 aliphatic carbocycles. The predicted octanol–water partition coefficient (Wildman–Crippen LogP) is 2.87. The number of hydrogen-bond acceptors (Lipinski definition) is 4. The summed E-state index contributed by atoms with van der Waals surface area (Å²) in [6.45, 7) is 1.96. The van der Waals surface area contributed by atoms with E-state index in [-0.39, 0.29) is 24.1 Å². The summed E-state index contributed by atoms with van der Waals surface area (Å²) in [4.78, 5) is 20.0. The molecule has 0 spiro atoms. The monoisotopic (exact) mass is 339 g/mol. The summed E-state index contributed by atoms with van der Waals surface area (Å²) >= 11 is 0. The average Bonchev–Trinajstić information content (AvgIpc) is 2.54. The summed E-state index contributed by atoms with van der Waals surface area (Å²) in [6.07, 6.45) is -1.15. The fraction of sp³-hybridized carbons (Fsp3) is 0.312. The van der Waals surface area contributed by atoms with Crippen LogP contribution in [0.3, 0.4) is 0 Å². The number of carbonyl (C=O) groups is 1. The molecule has 0 fully saturated rings. The van der Waals surface area contributed by atoms with E-state index in [1.54, 1.807) is 25.4 Å². The maximum Gasteiger partial charge on any atom is 0.573 e. The van der Waals surface area contributed by atoms with E-state index >= 15 is 0 Å². The molecule has 0 radical (unpaired) electrons. The van der Waals surface area contributed by atoms with Gasteiger partial charge in [-0.05, 0) is 30.2 Å². The summed E-state index contributed by atoms with van der Waals surface area (Å²) in [5, 5.41) is 2.72. The number of amides is 1. The minimum absolute atomic E-state index is 0.182. The number of ether oxygens (including phenoxy) is 1. The van der Waals surface area contributed by atoms with Gasteiger partial charge in [0.1, 0.15) is 11.6 Å². The number of halogens is 3. The Morgan fingerprint density at radius 2 is 1.83 bits per heavy atom. The number of benzene rings is 1. The van der Waals surface area contributed by atoms with Crippen LogP contribution in [0.5, 0.6) is 5.75 Å². The summed E-state index contributed by atoms with van der Waals surface area (Å²) in [5.41, 5.74) is 0.739. The van der Waals surface area contributed by atoms with Crippen LogP contribution in [0.25, 0.3) is 0 Å². The Morgan fingerprint density at radius 1 is 1.21 bits per heavy atom. The zero-order chi connectivity index (χ0) is 17.6. The SMILES string of the molecule is CC(Cc1ccc(OC(F)(F)F)cc1)C(=O)NCc1ncccn1. The van der Waals surface area contributed by atoms with Crippen molar-refractivity contribution in [1.29, 1.82) is 0 Å². The lowest BCUT2D eigenvalue weighted by atomic mass is 10.0. The molecule has 128 valence electrons. The zero-order valence-corrected chi connectivity index (χ0v) is 12.9. The van der Waals surface area contributed by atoms with Crippen molar-refractivity contribution in [1.82, 2.24) is 15.3 Å². The Labute approximate surface area is 136 Å². The molecule has 0 bridgehead atoms. The van der Waals surface area contributed by atoms with Crippen LogP contribution in [0.15, 0.2) is 42.7 Å². The molecular weight excluding hydrogens is 323 g/mol. The lowest BCUT2D eigenvalue weighted by Gasteiger charge is -2.13. The van der Waals surface area contributed by atoms with Crippen molar-refractivity contribution < 1.29 is 22.7 Å². The minimum atomic E-state index is -4.71. The largest absolute Gasteiger partial charge is 0.573 e. The highest BCUT2D eigenvalue weighted by atomic mass is 19.4. The molecule has 1 N–H and O–H groups in total. The van der Waals surface area contributed by atoms with Crippen LogP contribution in [0.4, 0.5) is 13.2 Å². The molecule has 0 aliphatic heterocycles. The van der Waals surface area contributed by atoms with Crippen LogP contribution in [0.2, 0.25) is 0 Å². The molecule has 1 aromatic carbocycles. The number of hydrogen-bond donors (Lipinski definition) is 1. The second-order valence-corrected chi connectivity index (χ2v) is 5.18. The van der Waals surface area contributed by atoms with Crippen LogP contribution in [-0.2, 0) is 17.8 Å². The van der Waals surface area contributed by atoms with Gasteiger partial charge in [0.15, 0.2) is 0 Å². The summed E-state index contributed by atoms with van der Waals surface area (Å²) < 4.78 is 40.1. The highest BCUT2D eigenvalue weighted by Crippen LogP contribution is 2.23. The Morgan fingerprint density at radius 3 is 2.42 bits per heavy atom. The highest BCUT2D eigenvalue weighted by Gasteiger charge is 2.30. The first kappa shape index (κ1) is 17.7. The molecule has 0 saturated carbocycles. The van der Waals surface area contributed by atoms with Crippen LogP contribution in [-0.4, -0.2) is 22.2 Å². The Hall–Kier alpha value is -2.64. The first-order chi connectivity index (χ1) is 11.3. The van der Waals surface area contributed by atoms with Crippen molar-refractivity contribution in [3.05, 3.63) is 54.1 Å². The average molecular weight is 339 g/mol. The maximum atomic E-state index is 12.1. The van der Waals surface area contributed by atoms with Crippen LogP contribution < -0.4 is 10.1 Å². The van der Waals surface area contributed by atoms with Crippen molar-refractivity contribution in [2.24, 2.45) is 5.92 Å². The van der Waals surface area contributed by atoms with E-state index in [1.165, 1.54) is 24.3 Å². The third-order valence-corrected chi connectivity index (χ3v) is 3.19. The van der Waals surface area contributed by atoms with E-state index in [2.05, 4.69) is 20.0 Å². The molecular formula is C16H16F3N3O2. The second-order valence-electron chi connectivity index (χ2n) is 5.18. The van der Waals surface area contributed by atoms with E-state index in [9.17, 15) is 18.0 Å². The molecule has 24 heavy (non-hydrogen) atoms. The van der Waals surface area contributed by atoms with E-state index in [4.69, 9.17) is 0 Å². The van der Waals surface area contributed by atoms with Gasteiger partial charge in [0.05, 0.1) is 6.54 Å². The second kappa shape index (κ2) is 7.76. The molecule has 1 atom stereocenters. The quantitative estimate of drug-likeness (QED) is 0.879. The predicted molar refractivity (Wildman–Crippen MR) is 79.9 cm³/mol. The molecule has 1 unspecified atom stereocenters. The standard InChI is InChI=1S/C16H16F3N3O2/c1-11(15(23)22-10-14-20-7-2-8-21-14)9-12-3-5-13(6-4-12)24-16(17,18)19/h2-8,11H,9-10H2,1H3,(H,22,23). The number of carbonyl (C=O) groups excluding carboxylic acids is 1. The highest BCUT2D eigenvalue weighted by molar-refractivity contribution is 5.78. The summed E-state index contributed by atoms with van der Waals surface area (Å²) in [6, 6.07) is 7.15. The van der Waals surface area contributed by atoms with Gasteiger partial charge in [-0.2, -0.15) is 0 Å². The molecule has 2 aromatic rings. The lowest BCUT2D eigenvalue weighted by Crippen LogP contribution is -2.30. The van der Waals surface area contributed by atoms with Gasteiger partial charge in [0.25, 0.3) is 0 Å². The zero-order valence-electron chi connectivity index (χ0n) is 12.9. The number of nitrogens with one attached hydrogen (secondary N) is 1. The van der Waals surface area contributed by atoms with Gasteiger partial charge in [0.2, 0.25) is 5.91 Å². The Balaban J connectivity index is 1.84. The summed E-state index contributed by atoms with van der Waals surface area (Å²) in [7, 11) is 0. The summed E-state index contributed by atoms with van der Waals surface area (Å²) in [5.74, 6) is -0.308. The van der Waals surface area contributed by atoms with Gasteiger partial charge in [0, 0.05) is 18.3 Å². The number of nitrogens with zero attached hydrogens (tertiary/aromatic N) is 2. The third-order valence-electron chi connectivity index (χ3n) is 3.19. The number of aromatic nitrogens is 2. The van der Waals surface area contributed by atoms with Crippen molar-refractivity contribution in [3.8, 4) is 5.75 Å². The van der Waals surface area contributed by atoms with E-state index in [0.717, 1.165) is 5.56 Å². The van der Waals surface area contributed by atoms with Gasteiger partial charge in [-0.25, -0.2) is 9.97 Å². The minimum Gasteiger partial charge on any atom is -0.406 e. The van der Waals surface area contributed by atoms with Crippen molar-refractivity contribution in [2.45, 2.75) is 26.3 Å². The van der Waals surface area contributed by atoms with Gasteiger partial charge < -0.3 is 10.1 Å². The van der Waals surface area contributed by atoms with Crippen LogP contribution in [0, 0.1) is 5.92 Å². The van der Waals surface area contributed by atoms with Gasteiger partial charge >= 0.3 is 6.36 Å². The van der Waals surface area contributed by atoms with Gasteiger partial charge in [-0.1, -0.05) is 19.1 Å². The molecule has 1 amide bonds. The Kier molecular flexibility index (Phi) is 5.73. The van der Waals surface area contributed by atoms with Crippen LogP contribution in [0.1, 0.15) is 18.3 Å². The molecule has 1 heterocycles. The first-order valence-corrected chi connectivity index (χ1v) is 7.22. The van der Waals surface area contributed by atoms with Crippen molar-refractivity contribution >= 4 is 5.91 Å². The van der Waals surface area contributed by atoms with Gasteiger partial charge in [-0.3, -0.25) is 4.79 Å². The molecule has 5 nitrogen and oxygen atoms in total. The third kappa shape index (κ3) is 5.86. The normalized spacial score (nSPS) is 12.5. The number of rotatable bonds is 6. The molecule has 0 saturated heterocycles.